The second kappa shape index (κ2) is 9.90. The average Bonchev–Trinajstić information content (AvgIpc) is 3.45. The second-order valence-corrected chi connectivity index (χ2v) is 9.32. The zero-order valence-corrected chi connectivity index (χ0v) is 21.2. The predicted octanol–water partition coefficient (Wildman–Crippen LogP) is 5.34. The highest BCUT2D eigenvalue weighted by molar-refractivity contribution is 9.10. The zero-order chi connectivity index (χ0) is 24.4. The van der Waals surface area contributed by atoms with E-state index in [1.54, 1.807) is 0 Å². The summed E-state index contributed by atoms with van der Waals surface area (Å²) < 4.78 is 10.7. The van der Waals surface area contributed by atoms with Gasteiger partial charge >= 0.3 is 0 Å². The minimum Gasteiger partial charge on any atom is -0.378 e. The van der Waals surface area contributed by atoms with E-state index in [0.717, 1.165) is 51.8 Å². The van der Waals surface area contributed by atoms with Crippen molar-refractivity contribution in [3.8, 4) is 17.4 Å². The molecule has 176 valence electrons. The topological polar surface area (TPSA) is 71.9 Å². The Morgan fingerprint density at radius 1 is 0.971 bits per heavy atom. The van der Waals surface area contributed by atoms with E-state index in [1.807, 2.05) is 53.1 Å². The van der Waals surface area contributed by atoms with Crippen LogP contribution in [0.3, 0.4) is 0 Å². The number of anilines is 1. The summed E-state index contributed by atoms with van der Waals surface area (Å²) in [6, 6.07) is 22.6. The summed E-state index contributed by atoms with van der Waals surface area (Å²) in [4.78, 5) is 2.15. The molecule has 35 heavy (non-hydrogen) atoms. The maximum Gasteiger partial charge on any atom is 0.232 e. The highest BCUT2D eigenvalue weighted by Gasteiger charge is 2.24. The first-order valence-electron chi connectivity index (χ1n) is 11.5. The number of aromatic nitrogens is 4. The van der Waals surface area contributed by atoms with Crippen LogP contribution in [0.2, 0.25) is 0 Å². The van der Waals surface area contributed by atoms with Gasteiger partial charge in [-0.1, -0.05) is 34.1 Å². The van der Waals surface area contributed by atoms with Crippen LogP contribution >= 0.6 is 15.9 Å². The fourth-order valence-electron chi connectivity index (χ4n) is 4.46. The molecule has 2 aromatic carbocycles. The highest BCUT2D eigenvalue weighted by atomic mass is 79.9. The molecule has 0 spiro atoms. The third kappa shape index (κ3) is 4.53. The standard InChI is InChI=1S/C27H25BrN6O/c1-19-16-21(20(2)33(19)25-10-8-23(28)9-11-25)17-22(18-29)26-30-31-27(32-12-14-35-15-13-32)34(26)24-6-4-3-5-7-24/h3-11,16-17H,12-15H2,1-2H3/b22-17-. The first-order valence-corrected chi connectivity index (χ1v) is 12.3. The number of allylic oxidation sites excluding steroid dienone is 1. The van der Waals surface area contributed by atoms with E-state index < -0.39 is 0 Å². The maximum atomic E-state index is 10.2. The molecule has 0 aliphatic carbocycles. The van der Waals surface area contributed by atoms with Gasteiger partial charge in [0.1, 0.15) is 6.07 Å². The number of hydrogen-bond acceptors (Lipinski definition) is 5. The van der Waals surface area contributed by atoms with Crippen LogP contribution in [0.4, 0.5) is 5.95 Å². The minimum absolute atomic E-state index is 0.455. The van der Waals surface area contributed by atoms with Crippen molar-refractivity contribution in [1.29, 1.82) is 5.26 Å². The van der Waals surface area contributed by atoms with Crippen molar-refractivity contribution in [2.45, 2.75) is 13.8 Å². The van der Waals surface area contributed by atoms with Gasteiger partial charge in [0.05, 0.1) is 24.5 Å². The lowest BCUT2D eigenvalue weighted by Crippen LogP contribution is -2.38. The number of morpholine rings is 1. The van der Waals surface area contributed by atoms with Gasteiger partial charge in [0.2, 0.25) is 5.95 Å². The molecule has 2 aromatic heterocycles. The number of aryl methyl sites for hydroxylation is 1. The molecule has 0 atom stereocenters. The van der Waals surface area contributed by atoms with Crippen LogP contribution < -0.4 is 4.90 Å². The van der Waals surface area contributed by atoms with Crippen molar-refractivity contribution >= 4 is 33.5 Å². The van der Waals surface area contributed by atoms with E-state index in [2.05, 4.69) is 73.7 Å². The number of halogens is 1. The van der Waals surface area contributed by atoms with Gasteiger partial charge in [-0.05, 0) is 68.0 Å². The summed E-state index contributed by atoms with van der Waals surface area (Å²) in [6.07, 6.45) is 1.91. The molecule has 0 bridgehead atoms. The summed E-state index contributed by atoms with van der Waals surface area (Å²) in [5.41, 5.74) is 5.55. The molecule has 0 amide bonds. The van der Waals surface area contributed by atoms with Crippen molar-refractivity contribution in [1.82, 2.24) is 19.3 Å². The van der Waals surface area contributed by atoms with E-state index in [4.69, 9.17) is 4.74 Å². The van der Waals surface area contributed by atoms with E-state index in [0.29, 0.717) is 24.6 Å². The number of para-hydroxylation sites is 1. The van der Waals surface area contributed by atoms with Gasteiger partial charge in [0, 0.05) is 34.6 Å². The molecule has 8 heteroatoms. The Bertz CT molecular complexity index is 1410. The predicted molar refractivity (Wildman–Crippen MR) is 141 cm³/mol. The van der Waals surface area contributed by atoms with Gasteiger partial charge in [-0.25, -0.2) is 0 Å². The molecule has 5 rings (SSSR count). The summed E-state index contributed by atoms with van der Waals surface area (Å²) in [6.45, 7) is 6.87. The van der Waals surface area contributed by atoms with E-state index in [-0.39, 0.29) is 0 Å². The van der Waals surface area contributed by atoms with Crippen LogP contribution in [0.5, 0.6) is 0 Å². The van der Waals surface area contributed by atoms with Gasteiger partial charge in [-0.3, -0.25) is 4.57 Å². The molecule has 1 fully saturated rings. The first kappa shape index (κ1) is 23.1. The third-order valence-corrected chi connectivity index (χ3v) is 6.70. The molecule has 1 saturated heterocycles. The van der Waals surface area contributed by atoms with E-state index in [9.17, 15) is 5.26 Å². The monoisotopic (exact) mass is 528 g/mol. The molecule has 0 radical (unpaired) electrons. The molecule has 1 aliphatic rings. The lowest BCUT2D eigenvalue weighted by molar-refractivity contribution is 0.122. The van der Waals surface area contributed by atoms with Crippen LogP contribution in [-0.4, -0.2) is 45.6 Å². The number of nitriles is 1. The normalized spacial score (nSPS) is 14.2. The number of benzene rings is 2. The van der Waals surface area contributed by atoms with Gasteiger partial charge in [-0.15, -0.1) is 10.2 Å². The molecule has 4 aromatic rings. The highest BCUT2D eigenvalue weighted by Crippen LogP contribution is 2.29. The summed E-state index contributed by atoms with van der Waals surface area (Å²) in [5.74, 6) is 1.24. The molecule has 1 aliphatic heterocycles. The lowest BCUT2D eigenvalue weighted by atomic mass is 10.1. The third-order valence-electron chi connectivity index (χ3n) is 6.17. The fraction of sp³-hybridized carbons (Fsp3) is 0.222. The van der Waals surface area contributed by atoms with Crippen molar-refractivity contribution in [2.24, 2.45) is 0 Å². The molecule has 3 heterocycles. The minimum atomic E-state index is 0.455. The van der Waals surface area contributed by atoms with Crippen molar-refractivity contribution in [3.63, 3.8) is 0 Å². The Hall–Kier alpha value is -3.67. The van der Waals surface area contributed by atoms with Crippen molar-refractivity contribution in [3.05, 3.63) is 87.9 Å². The number of hydrogen-bond donors (Lipinski definition) is 0. The molecule has 0 saturated carbocycles. The Kier molecular flexibility index (Phi) is 6.53. The van der Waals surface area contributed by atoms with Crippen LogP contribution in [0.25, 0.3) is 23.0 Å². The van der Waals surface area contributed by atoms with Crippen molar-refractivity contribution < 1.29 is 4.74 Å². The molecular weight excluding hydrogens is 504 g/mol. The van der Waals surface area contributed by atoms with E-state index >= 15 is 0 Å². The zero-order valence-electron chi connectivity index (χ0n) is 19.6. The van der Waals surface area contributed by atoms with E-state index in [1.165, 1.54) is 0 Å². The van der Waals surface area contributed by atoms with Crippen LogP contribution in [0.15, 0.2) is 65.1 Å². The summed E-state index contributed by atoms with van der Waals surface area (Å²) in [7, 11) is 0. The molecular formula is C27H25BrN6O. The van der Waals surface area contributed by atoms with Crippen LogP contribution in [0, 0.1) is 25.2 Å². The Balaban J connectivity index is 1.61. The Morgan fingerprint density at radius 3 is 2.34 bits per heavy atom. The van der Waals surface area contributed by atoms with Crippen LogP contribution in [-0.2, 0) is 4.74 Å². The quantitative estimate of drug-likeness (QED) is 0.327. The largest absolute Gasteiger partial charge is 0.378 e. The average molecular weight is 529 g/mol. The van der Waals surface area contributed by atoms with Gasteiger partial charge in [0.25, 0.3) is 0 Å². The summed E-state index contributed by atoms with van der Waals surface area (Å²) in [5, 5.41) is 19.2. The second-order valence-electron chi connectivity index (χ2n) is 8.40. The van der Waals surface area contributed by atoms with Gasteiger partial charge in [0.15, 0.2) is 5.82 Å². The number of rotatable bonds is 5. The SMILES string of the molecule is Cc1cc(/C=C(/C#N)c2nnc(N3CCOCC3)n2-c2ccccc2)c(C)n1-c1ccc(Br)cc1. The Labute approximate surface area is 213 Å². The molecule has 7 nitrogen and oxygen atoms in total. The van der Waals surface area contributed by atoms with Gasteiger partial charge < -0.3 is 14.2 Å². The summed E-state index contributed by atoms with van der Waals surface area (Å²) >= 11 is 3.50. The first-order chi connectivity index (χ1) is 17.1. The smallest absolute Gasteiger partial charge is 0.232 e. The maximum absolute atomic E-state index is 10.2. The fourth-order valence-corrected chi connectivity index (χ4v) is 4.72. The van der Waals surface area contributed by atoms with Crippen LogP contribution in [0.1, 0.15) is 22.8 Å². The lowest BCUT2D eigenvalue weighted by Gasteiger charge is -2.28. The molecule has 0 N–H and O–H groups in total. The van der Waals surface area contributed by atoms with Crippen molar-refractivity contribution in [2.75, 3.05) is 31.2 Å². The number of ether oxygens (including phenoxy) is 1. The molecule has 0 unspecified atom stereocenters. The Morgan fingerprint density at radius 2 is 1.66 bits per heavy atom. The number of nitrogens with zero attached hydrogens (tertiary/aromatic N) is 6. The van der Waals surface area contributed by atoms with Gasteiger partial charge in [-0.2, -0.15) is 5.26 Å².